The largest absolute Gasteiger partial charge is 0.394 e. The van der Waals surface area contributed by atoms with Gasteiger partial charge >= 0.3 is 0 Å². The zero-order valence-corrected chi connectivity index (χ0v) is 24.9. The van der Waals surface area contributed by atoms with Crippen LogP contribution in [0.2, 0.25) is 0 Å². The lowest BCUT2D eigenvalue weighted by molar-refractivity contribution is -0.131. The Morgan fingerprint density at radius 3 is 1.22 bits per heavy atom. The standard InChI is InChI=1S/C32H65NO4/c1-3-5-7-9-11-13-14-15-16-17-19-21-23-25-27-31(36)32(37)33-29(28-34)30(35)26-24-22-20-18-12-10-8-6-4-2/h29-31,34-36H,3-28H2,1-2H3,(H,33,37). The minimum atomic E-state index is -1.06. The predicted octanol–water partition coefficient (Wildman–Crippen LogP) is 7.98. The Bertz CT molecular complexity index is 474. The molecule has 37 heavy (non-hydrogen) atoms. The maximum Gasteiger partial charge on any atom is 0.249 e. The number of hydrogen-bond donors (Lipinski definition) is 4. The van der Waals surface area contributed by atoms with Crippen molar-refractivity contribution in [1.82, 2.24) is 5.32 Å². The summed E-state index contributed by atoms with van der Waals surface area (Å²) in [6.45, 7) is 4.18. The van der Waals surface area contributed by atoms with E-state index in [1.807, 2.05) is 0 Å². The summed E-state index contributed by atoms with van der Waals surface area (Å²) in [6.07, 6.45) is 28.0. The number of aliphatic hydroxyl groups is 3. The van der Waals surface area contributed by atoms with Crippen LogP contribution in [0.5, 0.6) is 0 Å². The van der Waals surface area contributed by atoms with Gasteiger partial charge in [-0.2, -0.15) is 0 Å². The quantitative estimate of drug-likeness (QED) is 0.0742. The van der Waals surface area contributed by atoms with Crippen LogP contribution in [0.4, 0.5) is 0 Å². The van der Waals surface area contributed by atoms with Crippen molar-refractivity contribution in [1.29, 1.82) is 0 Å². The van der Waals surface area contributed by atoms with Crippen LogP contribution in [0, 0.1) is 0 Å². The second kappa shape index (κ2) is 28.4. The lowest BCUT2D eigenvalue weighted by Gasteiger charge is -2.23. The molecule has 3 atom stereocenters. The third-order valence-corrected chi connectivity index (χ3v) is 7.73. The summed E-state index contributed by atoms with van der Waals surface area (Å²) >= 11 is 0. The van der Waals surface area contributed by atoms with Crippen molar-refractivity contribution in [2.24, 2.45) is 0 Å². The Hall–Kier alpha value is -0.650. The van der Waals surface area contributed by atoms with E-state index in [2.05, 4.69) is 19.2 Å². The molecule has 222 valence electrons. The molecule has 0 saturated heterocycles. The molecule has 0 aromatic rings. The molecule has 0 rings (SSSR count). The van der Waals surface area contributed by atoms with Gasteiger partial charge in [-0.25, -0.2) is 0 Å². The Morgan fingerprint density at radius 2 is 0.865 bits per heavy atom. The summed E-state index contributed by atoms with van der Waals surface area (Å²) in [4.78, 5) is 12.3. The molecule has 5 heteroatoms. The predicted molar refractivity (Wildman–Crippen MR) is 158 cm³/mol. The van der Waals surface area contributed by atoms with Crippen molar-refractivity contribution in [3.8, 4) is 0 Å². The summed E-state index contributed by atoms with van der Waals surface area (Å²) in [7, 11) is 0. The Labute approximate surface area is 230 Å². The molecule has 0 aliphatic carbocycles. The van der Waals surface area contributed by atoms with E-state index >= 15 is 0 Å². The first kappa shape index (κ1) is 36.4. The minimum Gasteiger partial charge on any atom is -0.394 e. The number of nitrogens with one attached hydrogen (secondary N) is 1. The summed E-state index contributed by atoms with van der Waals surface area (Å²) in [5.74, 6) is -0.472. The first-order chi connectivity index (χ1) is 18.1. The molecule has 1 amide bonds. The van der Waals surface area contributed by atoms with Crippen LogP contribution >= 0.6 is 0 Å². The number of hydrogen-bond acceptors (Lipinski definition) is 4. The normalized spacial score (nSPS) is 14.0. The summed E-state index contributed by atoms with van der Waals surface area (Å²) in [5, 5.41) is 32.9. The maximum atomic E-state index is 12.3. The van der Waals surface area contributed by atoms with E-state index in [0.717, 1.165) is 32.1 Å². The second-order valence-corrected chi connectivity index (χ2v) is 11.4. The molecule has 0 bridgehead atoms. The Balaban J connectivity index is 3.69. The zero-order chi connectivity index (χ0) is 27.4. The van der Waals surface area contributed by atoms with Crippen molar-refractivity contribution in [3.63, 3.8) is 0 Å². The lowest BCUT2D eigenvalue weighted by atomic mass is 10.0. The first-order valence-electron chi connectivity index (χ1n) is 16.3. The molecule has 0 aliphatic rings. The van der Waals surface area contributed by atoms with Crippen molar-refractivity contribution >= 4 is 5.91 Å². The average Bonchev–Trinajstić information content (AvgIpc) is 2.90. The van der Waals surface area contributed by atoms with Crippen LogP contribution in [0.1, 0.15) is 174 Å². The third-order valence-electron chi connectivity index (χ3n) is 7.73. The lowest BCUT2D eigenvalue weighted by Crippen LogP contribution is -2.49. The molecule has 0 aromatic carbocycles. The molecule has 0 fully saturated rings. The van der Waals surface area contributed by atoms with Gasteiger partial charge in [-0.3, -0.25) is 4.79 Å². The molecule has 0 aliphatic heterocycles. The van der Waals surface area contributed by atoms with Gasteiger partial charge in [-0.05, 0) is 12.8 Å². The number of rotatable bonds is 29. The van der Waals surface area contributed by atoms with Gasteiger partial charge in [-0.15, -0.1) is 0 Å². The molecular weight excluding hydrogens is 462 g/mol. The smallest absolute Gasteiger partial charge is 0.249 e. The van der Waals surface area contributed by atoms with Gasteiger partial charge in [0.2, 0.25) is 5.91 Å². The van der Waals surface area contributed by atoms with Crippen molar-refractivity contribution in [3.05, 3.63) is 0 Å². The Morgan fingerprint density at radius 1 is 0.541 bits per heavy atom. The molecule has 0 spiro atoms. The fourth-order valence-corrected chi connectivity index (χ4v) is 5.07. The van der Waals surface area contributed by atoms with Crippen LogP contribution in [-0.4, -0.2) is 46.1 Å². The van der Waals surface area contributed by atoms with Crippen LogP contribution in [0.3, 0.4) is 0 Å². The molecule has 0 aromatic heterocycles. The monoisotopic (exact) mass is 527 g/mol. The molecule has 3 unspecified atom stereocenters. The fraction of sp³-hybridized carbons (Fsp3) is 0.969. The van der Waals surface area contributed by atoms with E-state index in [1.165, 1.54) is 116 Å². The van der Waals surface area contributed by atoms with Crippen LogP contribution in [0.25, 0.3) is 0 Å². The van der Waals surface area contributed by atoms with E-state index in [-0.39, 0.29) is 6.61 Å². The van der Waals surface area contributed by atoms with E-state index in [1.54, 1.807) is 0 Å². The summed E-state index contributed by atoms with van der Waals surface area (Å²) in [5.41, 5.74) is 0. The topological polar surface area (TPSA) is 89.8 Å². The van der Waals surface area contributed by atoms with Crippen molar-refractivity contribution in [2.75, 3.05) is 6.61 Å². The second-order valence-electron chi connectivity index (χ2n) is 11.4. The van der Waals surface area contributed by atoms with Gasteiger partial charge in [0.05, 0.1) is 18.8 Å². The number of aliphatic hydroxyl groups excluding tert-OH is 3. The highest BCUT2D eigenvalue weighted by molar-refractivity contribution is 5.80. The number of unbranched alkanes of at least 4 members (excludes halogenated alkanes) is 21. The molecule has 0 heterocycles. The average molecular weight is 528 g/mol. The maximum absolute atomic E-state index is 12.3. The third kappa shape index (κ3) is 24.1. The molecule has 5 nitrogen and oxygen atoms in total. The van der Waals surface area contributed by atoms with Crippen LogP contribution < -0.4 is 5.32 Å². The summed E-state index contributed by atoms with van der Waals surface area (Å²) < 4.78 is 0. The van der Waals surface area contributed by atoms with Gasteiger partial charge in [0.1, 0.15) is 6.10 Å². The minimum absolute atomic E-state index is 0.310. The molecule has 0 saturated carbocycles. The first-order valence-corrected chi connectivity index (χ1v) is 16.3. The van der Waals surface area contributed by atoms with Gasteiger partial charge in [0.15, 0.2) is 0 Å². The molecule has 4 N–H and O–H groups in total. The van der Waals surface area contributed by atoms with Crippen molar-refractivity contribution < 1.29 is 20.1 Å². The van der Waals surface area contributed by atoms with Gasteiger partial charge in [-0.1, -0.05) is 162 Å². The Kier molecular flexibility index (Phi) is 27.9. The summed E-state index contributed by atoms with van der Waals surface area (Å²) in [6, 6.07) is -0.701. The highest BCUT2D eigenvalue weighted by atomic mass is 16.3. The van der Waals surface area contributed by atoms with Gasteiger partial charge < -0.3 is 20.6 Å². The van der Waals surface area contributed by atoms with Gasteiger partial charge in [0.25, 0.3) is 0 Å². The number of amides is 1. The van der Waals surface area contributed by atoms with E-state index < -0.39 is 24.2 Å². The molecule has 0 radical (unpaired) electrons. The van der Waals surface area contributed by atoms with Gasteiger partial charge in [0, 0.05) is 0 Å². The highest BCUT2D eigenvalue weighted by Gasteiger charge is 2.23. The SMILES string of the molecule is CCCCCCCCCCCCCCCCC(O)C(=O)NC(CO)C(O)CCCCCCCCCCC. The zero-order valence-electron chi connectivity index (χ0n) is 24.9. The van der Waals surface area contributed by atoms with Crippen LogP contribution in [0.15, 0.2) is 0 Å². The van der Waals surface area contributed by atoms with Crippen LogP contribution in [-0.2, 0) is 4.79 Å². The number of carbonyl (C=O) groups excluding carboxylic acids is 1. The fourth-order valence-electron chi connectivity index (χ4n) is 5.07. The van der Waals surface area contributed by atoms with E-state index in [4.69, 9.17) is 0 Å². The number of carbonyl (C=O) groups is 1. The van der Waals surface area contributed by atoms with Crippen molar-refractivity contribution in [2.45, 2.75) is 193 Å². The molecular formula is C32H65NO4. The van der Waals surface area contributed by atoms with E-state index in [9.17, 15) is 20.1 Å². The van der Waals surface area contributed by atoms with E-state index in [0.29, 0.717) is 12.8 Å². The highest BCUT2D eigenvalue weighted by Crippen LogP contribution is 2.15.